The van der Waals surface area contributed by atoms with Gasteiger partial charge in [-0.25, -0.2) is 18.6 Å². The lowest BCUT2D eigenvalue weighted by Crippen LogP contribution is -2.02. The summed E-state index contributed by atoms with van der Waals surface area (Å²) >= 11 is 0. The fraction of sp³-hybridized carbons (Fsp3) is 0.207. The van der Waals surface area contributed by atoms with E-state index in [4.69, 9.17) is 14.2 Å². The first kappa shape index (κ1) is 22.7. The SMILES string of the molecule is CC(=C1c2ccc(Cc3c(C4CC4)nc4ccc(F)cn34)cc2COc2cc(F)ccc21)c1noc(=O)[nH]1. The van der Waals surface area contributed by atoms with Crippen molar-refractivity contribution >= 4 is 16.8 Å². The molecule has 0 saturated heterocycles. The van der Waals surface area contributed by atoms with Crippen LogP contribution in [0, 0.1) is 11.6 Å². The van der Waals surface area contributed by atoms with Crippen LogP contribution in [0.15, 0.2) is 64.0 Å². The lowest BCUT2D eigenvalue weighted by atomic mass is 9.89. The molecule has 0 atom stereocenters. The van der Waals surface area contributed by atoms with Crippen molar-refractivity contribution in [1.82, 2.24) is 19.5 Å². The molecule has 1 N–H and O–H groups in total. The predicted octanol–water partition coefficient (Wildman–Crippen LogP) is 5.63. The number of nitrogens with zero attached hydrogens (tertiary/aromatic N) is 3. The number of fused-ring (bicyclic) bond motifs is 3. The van der Waals surface area contributed by atoms with Gasteiger partial charge < -0.3 is 9.14 Å². The molecule has 38 heavy (non-hydrogen) atoms. The molecule has 1 fully saturated rings. The van der Waals surface area contributed by atoms with Gasteiger partial charge in [-0.1, -0.05) is 23.4 Å². The molecule has 5 aromatic rings. The Labute approximate surface area is 215 Å². The minimum Gasteiger partial charge on any atom is -0.488 e. The zero-order chi connectivity index (χ0) is 26.0. The van der Waals surface area contributed by atoms with Crippen LogP contribution >= 0.6 is 0 Å². The molecule has 0 amide bonds. The maximum Gasteiger partial charge on any atom is 0.439 e. The van der Waals surface area contributed by atoms with E-state index in [0.717, 1.165) is 52.1 Å². The fourth-order valence-electron chi connectivity index (χ4n) is 5.30. The van der Waals surface area contributed by atoms with Crippen LogP contribution in [-0.4, -0.2) is 19.5 Å². The van der Waals surface area contributed by atoms with Gasteiger partial charge in [0.15, 0.2) is 5.82 Å². The highest BCUT2D eigenvalue weighted by Crippen LogP contribution is 2.43. The molecule has 7 rings (SSSR count). The molecule has 4 heterocycles. The molecule has 1 aliphatic carbocycles. The maximum absolute atomic E-state index is 14.1. The number of benzene rings is 2. The first-order chi connectivity index (χ1) is 18.4. The van der Waals surface area contributed by atoms with Crippen molar-refractivity contribution in [2.75, 3.05) is 0 Å². The molecular formula is C29H22F2N4O3. The van der Waals surface area contributed by atoms with E-state index in [2.05, 4.69) is 16.2 Å². The van der Waals surface area contributed by atoms with Crippen LogP contribution in [0.3, 0.4) is 0 Å². The van der Waals surface area contributed by atoms with Crippen molar-refractivity contribution < 1.29 is 18.0 Å². The van der Waals surface area contributed by atoms with Crippen molar-refractivity contribution in [2.24, 2.45) is 0 Å². The molecule has 9 heteroatoms. The Balaban J connectivity index is 1.36. The number of allylic oxidation sites excluding steroid dienone is 1. The lowest BCUT2D eigenvalue weighted by molar-refractivity contribution is 0.305. The number of imidazole rings is 1. The van der Waals surface area contributed by atoms with Gasteiger partial charge in [0.1, 0.15) is 29.6 Å². The zero-order valence-corrected chi connectivity index (χ0v) is 20.4. The van der Waals surface area contributed by atoms with Crippen molar-refractivity contribution in [3.8, 4) is 5.75 Å². The summed E-state index contributed by atoms with van der Waals surface area (Å²) in [4.78, 5) is 19.1. The molecule has 0 unspecified atom stereocenters. The highest BCUT2D eigenvalue weighted by molar-refractivity contribution is 5.99. The molecular weight excluding hydrogens is 490 g/mol. The number of pyridine rings is 1. The van der Waals surface area contributed by atoms with Gasteiger partial charge in [-0.3, -0.25) is 9.51 Å². The second-order valence-corrected chi connectivity index (χ2v) is 9.83. The summed E-state index contributed by atoms with van der Waals surface area (Å²) in [5.74, 6) is -0.279. The summed E-state index contributed by atoms with van der Waals surface area (Å²) in [6.07, 6.45) is 4.23. The normalized spacial score (nSPS) is 16.1. The molecule has 7 nitrogen and oxygen atoms in total. The molecule has 3 aromatic heterocycles. The Morgan fingerprint density at radius 1 is 1.08 bits per heavy atom. The average molecular weight is 513 g/mol. The number of hydrogen-bond donors (Lipinski definition) is 1. The fourth-order valence-corrected chi connectivity index (χ4v) is 5.30. The molecule has 2 aliphatic rings. The van der Waals surface area contributed by atoms with Crippen molar-refractivity contribution in [1.29, 1.82) is 0 Å². The highest BCUT2D eigenvalue weighted by atomic mass is 19.1. The van der Waals surface area contributed by atoms with Crippen LogP contribution in [0.25, 0.3) is 16.8 Å². The minimum atomic E-state index is -0.657. The van der Waals surface area contributed by atoms with Gasteiger partial charge in [0.2, 0.25) is 0 Å². The Kier molecular flexibility index (Phi) is 5.07. The van der Waals surface area contributed by atoms with Crippen LogP contribution in [0.5, 0.6) is 5.75 Å². The number of ether oxygens (including phenoxy) is 1. The summed E-state index contributed by atoms with van der Waals surface area (Å²) in [5.41, 5.74) is 7.65. The van der Waals surface area contributed by atoms with Crippen LogP contribution < -0.4 is 10.5 Å². The highest BCUT2D eigenvalue weighted by Gasteiger charge is 2.30. The van der Waals surface area contributed by atoms with E-state index >= 15 is 0 Å². The van der Waals surface area contributed by atoms with Crippen LogP contribution in [-0.2, 0) is 13.0 Å². The van der Waals surface area contributed by atoms with E-state index in [0.29, 0.717) is 35.0 Å². The number of aromatic amines is 1. The standard InChI is InChI=1S/C29H22F2N4O3/c1-15(28-33-29(36)38-34-28)26-21-7-2-16(10-18(21)14-37-24-12-19(30)5-8-22(24)26)11-23-27(17-3-4-17)32-25-9-6-20(31)13-35(23)25/h2,5-10,12-13,17H,3-4,11,14H2,1H3,(H,33,34,36). The van der Waals surface area contributed by atoms with E-state index in [1.807, 2.05) is 23.5 Å². The number of aromatic nitrogens is 4. The van der Waals surface area contributed by atoms with Crippen molar-refractivity contribution in [2.45, 2.75) is 38.7 Å². The summed E-state index contributed by atoms with van der Waals surface area (Å²) < 4.78 is 40.9. The summed E-state index contributed by atoms with van der Waals surface area (Å²) in [5, 5.41) is 3.86. The van der Waals surface area contributed by atoms with E-state index in [-0.39, 0.29) is 12.4 Å². The number of rotatable bonds is 4. The second-order valence-electron chi connectivity index (χ2n) is 9.83. The first-order valence-corrected chi connectivity index (χ1v) is 12.4. The molecule has 1 aliphatic heterocycles. The number of H-pyrrole nitrogens is 1. The topological polar surface area (TPSA) is 85.4 Å². The van der Waals surface area contributed by atoms with Gasteiger partial charge in [0.25, 0.3) is 0 Å². The van der Waals surface area contributed by atoms with Gasteiger partial charge in [-0.2, -0.15) is 0 Å². The summed E-state index contributed by atoms with van der Waals surface area (Å²) in [6.45, 7) is 2.05. The Morgan fingerprint density at radius 3 is 2.68 bits per heavy atom. The van der Waals surface area contributed by atoms with Crippen LogP contribution in [0.4, 0.5) is 8.78 Å². The monoisotopic (exact) mass is 512 g/mol. The third kappa shape index (κ3) is 3.82. The van der Waals surface area contributed by atoms with E-state index in [9.17, 15) is 13.6 Å². The Hall–Kier alpha value is -4.53. The quantitative estimate of drug-likeness (QED) is 0.338. The largest absolute Gasteiger partial charge is 0.488 e. The third-order valence-electron chi connectivity index (χ3n) is 7.25. The molecule has 190 valence electrons. The molecule has 1 saturated carbocycles. The van der Waals surface area contributed by atoms with Crippen molar-refractivity contribution in [3.05, 3.63) is 116 Å². The summed E-state index contributed by atoms with van der Waals surface area (Å²) in [7, 11) is 0. The average Bonchev–Trinajstić information content (AvgIpc) is 3.60. The van der Waals surface area contributed by atoms with E-state index in [1.54, 1.807) is 12.1 Å². The Bertz CT molecular complexity index is 1830. The summed E-state index contributed by atoms with van der Waals surface area (Å²) in [6, 6.07) is 13.6. The van der Waals surface area contributed by atoms with Crippen LogP contribution in [0.2, 0.25) is 0 Å². The van der Waals surface area contributed by atoms with E-state index in [1.165, 1.54) is 24.4 Å². The predicted molar refractivity (Wildman–Crippen MR) is 136 cm³/mol. The van der Waals surface area contributed by atoms with Crippen LogP contribution in [0.1, 0.15) is 65.1 Å². The molecule has 0 bridgehead atoms. The zero-order valence-electron chi connectivity index (χ0n) is 20.4. The van der Waals surface area contributed by atoms with Gasteiger partial charge >= 0.3 is 5.76 Å². The molecule has 0 spiro atoms. The van der Waals surface area contributed by atoms with Gasteiger partial charge in [0.05, 0.1) is 11.4 Å². The third-order valence-corrected chi connectivity index (χ3v) is 7.25. The lowest BCUT2D eigenvalue weighted by Gasteiger charge is -2.14. The molecule has 2 aromatic carbocycles. The van der Waals surface area contributed by atoms with Gasteiger partial charge in [-0.15, -0.1) is 0 Å². The maximum atomic E-state index is 14.1. The number of halogens is 2. The first-order valence-electron chi connectivity index (χ1n) is 12.4. The smallest absolute Gasteiger partial charge is 0.439 e. The molecule has 0 radical (unpaired) electrons. The Morgan fingerprint density at radius 2 is 1.89 bits per heavy atom. The van der Waals surface area contributed by atoms with E-state index < -0.39 is 11.6 Å². The second kappa shape index (κ2) is 8.51. The number of hydrogen-bond acceptors (Lipinski definition) is 5. The van der Waals surface area contributed by atoms with Gasteiger partial charge in [0, 0.05) is 35.7 Å². The van der Waals surface area contributed by atoms with Gasteiger partial charge in [-0.05, 0) is 66.3 Å². The van der Waals surface area contributed by atoms with Crippen molar-refractivity contribution in [3.63, 3.8) is 0 Å². The number of nitrogens with one attached hydrogen (secondary N) is 1. The minimum absolute atomic E-state index is 0.225.